The zero-order valence-electron chi connectivity index (χ0n) is 15.2. The molecule has 27 heavy (non-hydrogen) atoms. The van der Waals surface area contributed by atoms with Gasteiger partial charge in [-0.3, -0.25) is 19.7 Å². The van der Waals surface area contributed by atoms with E-state index >= 15 is 0 Å². The third kappa shape index (κ3) is 3.56. The second-order valence-electron chi connectivity index (χ2n) is 7.63. The van der Waals surface area contributed by atoms with Crippen LogP contribution in [0.1, 0.15) is 40.4 Å². The van der Waals surface area contributed by atoms with E-state index in [9.17, 15) is 14.4 Å². The molecule has 1 aliphatic carbocycles. The number of nitrogens with one attached hydrogen (secondary N) is 1. The Kier molecular flexibility index (Phi) is 4.64. The van der Waals surface area contributed by atoms with Crippen molar-refractivity contribution in [3.05, 3.63) is 70.8 Å². The Morgan fingerprint density at radius 2 is 1.85 bits per heavy atom. The summed E-state index contributed by atoms with van der Waals surface area (Å²) in [5.74, 6) is -0.0310. The van der Waals surface area contributed by atoms with Gasteiger partial charge < -0.3 is 0 Å². The molecule has 1 heterocycles. The van der Waals surface area contributed by atoms with E-state index in [-0.39, 0.29) is 27.6 Å². The van der Waals surface area contributed by atoms with Crippen LogP contribution in [-0.4, -0.2) is 22.2 Å². The van der Waals surface area contributed by atoms with Gasteiger partial charge in [0.1, 0.15) is 0 Å². The lowest BCUT2D eigenvalue weighted by molar-refractivity contribution is -0.118. The standard InChI is InChI=1S/C22H21NO3S/c1-22(13-14-5-3-2-4-6-14)10-9-16-11-15(7-8-17(16)19(22)24)12-18-20(25)23-21(26)27-18/h2-8,11,18H,9-10,12-13H2,1H3,(H,23,25,26). The van der Waals surface area contributed by atoms with Crippen LogP contribution in [-0.2, 0) is 24.1 Å². The topological polar surface area (TPSA) is 63.2 Å². The molecule has 1 aliphatic heterocycles. The van der Waals surface area contributed by atoms with Gasteiger partial charge in [-0.05, 0) is 42.4 Å². The quantitative estimate of drug-likeness (QED) is 0.873. The minimum atomic E-state index is -0.385. The number of Topliss-reactive ketones (excluding diaryl/α,β-unsaturated/α-hetero) is 1. The molecule has 5 heteroatoms. The Hall–Kier alpha value is -2.40. The van der Waals surface area contributed by atoms with Gasteiger partial charge in [0.2, 0.25) is 5.91 Å². The van der Waals surface area contributed by atoms with E-state index in [1.165, 1.54) is 5.56 Å². The fourth-order valence-electron chi connectivity index (χ4n) is 4.01. The molecule has 0 saturated carbocycles. The van der Waals surface area contributed by atoms with Crippen LogP contribution in [0.25, 0.3) is 0 Å². The normalized spacial score (nSPS) is 24.6. The fourth-order valence-corrected chi connectivity index (χ4v) is 4.87. The average Bonchev–Trinajstić information content (AvgIpc) is 2.96. The molecule has 2 aromatic rings. The summed E-state index contributed by atoms with van der Waals surface area (Å²) in [4.78, 5) is 36.3. The van der Waals surface area contributed by atoms with Gasteiger partial charge in [0.15, 0.2) is 5.78 Å². The molecule has 2 amide bonds. The molecule has 0 spiro atoms. The van der Waals surface area contributed by atoms with Crippen LogP contribution >= 0.6 is 11.8 Å². The SMILES string of the molecule is CC1(Cc2ccccc2)CCc2cc(CC3SC(=O)NC3=O)ccc2C1=O. The van der Waals surface area contributed by atoms with Gasteiger partial charge in [-0.2, -0.15) is 0 Å². The van der Waals surface area contributed by atoms with Crippen molar-refractivity contribution in [3.63, 3.8) is 0 Å². The Labute approximate surface area is 162 Å². The molecule has 0 aromatic heterocycles. The first kappa shape index (κ1) is 18.0. The van der Waals surface area contributed by atoms with Crippen LogP contribution in [0.3, 0.4) is 0 Å². The smallest absolute Gasteiger partial charge is 0.286 e. The lowest BCUT2D eigenvalue weighted by atomic mass is 9.68. The summed E-state index contributed by atoms with van der Waals surface area (Å²) in [6.07, 6.45) is 2.91. The number of aryl methyl sites for hydroxylation is 1. The van der Waals surface area contributed by atoms with Crippen molar-refractivity contribution in [1.29, 1.82) is 0 Å². The van der Waals surface area contributed by atoms with Gasteiger partial charge in [-0.1, -0.05) is 67.2 Å². The number of carbonyl (C=O) groups is 3. The van der Waals surface area contributed by atoms with Crippen LogP contribution in [0.2, 0.25) is 0 Å². The summed E-state index contributed by atoms with van der Waals surface area (Å²) in [6.45, 7) is 2.06. The lowest BCUT2D eigenvalue weighted by Crippen LogP contribution is -2.35. The molecule has 138 valence electrons. The number of amides is 2. The molecule has 4 nitrogen and oxygen atoms in total. The van der Waals surface area contributed by atoms with Crippen molar-refractivity contribution >= 4 is 28.7 Å². The molecule has 4 rings (SSSR count). The molecule has 0 radical (unpaired) electrons. The van der Waals surface area contributed by atoms with Crippen LogP contribution in [0.4, 0.5) is 4.79 Å². The number of carbonyl (C=O) groups excluding carboxylic acids is 3. The Morgan fingerprint density at radius 1 is 1.07 bits per heavy atom. The zero-order chi connectivity index (χ0) is 19.0. The number of thioether (sulfide) groups is 1. The van der Waals surface area contributed by atoms with Gasteiger partial charge in [0.05, 0.1) is 5.25 Å². The highest BCUT2D eigenvalue weighted by Gasteiger charge is 2.38. The van der Waals surface area contributed by atoms with E-state index in [0.29, 0.717) is 6.42 Å². The minimum absolute atomic E-state index is 0.197. The van der Waals surface area contributed by atoms with E-state index in [4.69, 9.17) is 0 Å². The van der Waals surface area contributed by atoms with E-state index in [1.54, 1.807) is 0 Å². The predicted octanol–water partition coefficient (Wildman–Crippen LogP) is 3.96. The molecule has 1 N–H and O–H groups in total. The van der Waals surface area contributed by atoms with Crippen LogP contribution in [0, 0.1) is 5.41 Å². The number of hydrogen-bond donors (Lipinski definition) is 1. The van der Waals surface area contributed by atoms with Crippen LogP contribution in [0.15, 0.2) is 48.5 Å². The highest BCUT2D eigenvalue weighted by molar-refractivity contribution is 8.15. The summed E-state index contributed by atoms with van der Waals surface area (Å²) in [5, 5.41) is 1.66. The van der Waals surface area contributed by atoms with Gasteiger partial charge in [-0.15, -0.1) is 0 Å². The fraction of sp³-hybridized carbons (Fsp3) is 0.318. The summed E-state index contributed by atoms with van der Waals surface area (Å²) in [5.41, 5.74) is 3.64. The number of imide groups is 1. The Morgan fingerprint density at radius 3 is 2.56 bits per heavy atom. The van der Waals surface area contributed by atoms with Crippen molar-refractivity contribution < 1.29 is 14.4 Å². The number of ketones is 1. The molecule has 2 atom stereocenters. The number of fused-ring (bicyclic) bond motifs is 1. The van der Waals surface area contributed by atoms with Crippen molar-refractivity contribution in [2.75, 3.05) is 0 Å². The van der Waals surface area contributed by atoms with Gasteiger partial charge in [-0.25, -0.2) is 0 Å². The summed E-state index contributed by atoms with van der Waals surface area (Å²) in [6, 6.07) is 16.0. The largest absolute Gasteiger partial charge is 0.294 e. The zero-order valence-corrected chi connectivity index (χ0v) is 16.0. The first-order valence-electron chi connectivity index (χ1n) is 9.17. The van der Waals surface area contributed by atoms with Gasteiger partial charge in [0.25, 0.3) is 5.24 Å². The highest BCUT2D eigenvalue weighted by atomic mass is 32.2. The van der Waals surface area contributed by atoms with E-state index in [2.05, 4.69) is 24.4 Å². The summed E-state index contributed by atoms with van der Waals surface area (Å²) in [7, 11) is 0. The van der Waals surface area contributed by atoms with Crippen molar-refractivity contribution in [3.8, 4) is 0 Å². The number of benzene rings is 2. The molecular weight excluding hydrogens is 358 g/mol. The lowest BCUT2D eigenvalue weighted by Gasteiger charge is -2.33. The number of rotatable bonds is 4. The molecule has 0 bridgehead atoms. The molecule has 1 saturated heterocycles. The third-order valence-electron chi connectivity index (χ3n) is 5.53. The monoisotopic (exact) mass is 379 g/mol. The first-order chi connectivity index (χ1) is 12.9. The first-order valence-corrected chi connectivity index (χ1v) is 10.0. The van der Waals surface area contributed by atoms with Crippen LogP contribution in [0.5, 0.6) is 0 Å². The second-order valence-corrected chi connectivity index (χ2v) is 8.81. The molecule has 2 aromatic carbocycles. The maximum Gasteiger partial charge on any atom is 0.286 e. The van der Waals surface area contributed by atoms with Crippen LogP contribution < -0.4 is 5.32 Å². The van der Waals surface area contributed by atoms with E-state index in [1.807, 2.05) is 36.4 Å². The minimum Gasteiger partial charge on any atom is -0.294 e. The van der Waals surface area contributed by atoms with Crippen molar-refractivity contribution in [2.45, 2.75) is 37.9 Å². The highest BCUT2D eigenvalue weighted by Crippen LogP contribution is 2.38. The maximum atomic E-state index is 13.2. The molecular formula is C22H21NO3S. The van der Waals surface area contributed by atoms with E-state index < -0.39 is 0 Å². The third-order valence-corrected chi connectivity index (χ3v) is 6.52. The molecule has 1 fully saturated rings. The van der Waals surface area contributed by atoms with Gasteiger partial charge >= 0.3 is 0 Å². The summed E-state index contributed by atoms with van der Waals surface area (Å²) < 4.78 is 0. The van der Waals surface area contributed by atoms with Crippen molar-refractivity contribution in [1.82, 2.24) is 5.32 Å². The Bertz CT molecular complexity index is 924. The molecule has 2 unspecified atom stereocenters. The average molecular weight is 379 g/mol. The van der Waals surface area contributed by atoms with Gasteiger partial charge in [0, 0.05) is 11.0 Å². The second kappa shape index (κ2) is 6.97. The Balaban J connectivity index is 1.53. The predicted molar refractivity (Wildman–Crippen MR) is 106 cm³/mol. The summed E-state index contributed by atoms with van der Waals surface area (Å²) >= 11 is 1.04. The molecule has 2 aliphatic rings. The van der Waals surface area contributed by atoms with E-state index in [0.717, 1.165) is 47.7 Å². The number of hydrogen-bond acceptors (Lipinski definition) is 4. The maximum absolute atomic E-state index is 13.2. The van der Waals surface area contributed by atoms with Crippen molar-refractivity contribution in [2.24, 2.45) is 5.41 Å².